The molecule has 3 fully saturated rings. The number of phenols is 1. The molecule has 2 bridgehead atoms. The molecule has 2 aromatic carbocycles. The first kappa shape index (κ1) is 20.6. The highest BCUT2D eigenvalue weighted by Crippen LogP contribution is 2.37. The van der Waals surface area contributed by atoms with Gasteiger partial charge in [-0.3, -0.25) is 14.4 Å². The van der Waals surface area contributed by atoms with E-state index < -0.39 is 0 Å². The Labute approximate surface area is 185 Å². The lowest BCUT2D eigenvalue weighted by molar-refractivity contribution is -0.133. The average molecular weight is 436 g/mol. The summed E-state index contributed by atoms with van der Waals surface area (Å²) in [6, 6.07) is 13.5. The summed E-state index contributed by atoms with van der Waals surface area (Å²) in [5.74, 6) is 0.349. The van der Waals surface area contributed by atoms with Gasteiger partial charge in [-0.1, -0.05) is 29.5 Å². The molecule has 3 aliphatic heterocycles. The number of nitrogens with zero attached hydrogens (tertiary/aromatic N) is 4. The third-order valence-electron chi connectivity index (χ3n) is 6.67. The van der Waals surface area contributed by atoms with E-state index in [0.29, 0.717) is 18.5 Å². The molecule has 1 amide bonds. The molecule has 4 atom stereocenters. The van der Waals surface area contributed by atoms with Crippen LogP contribution in [0.25, 0.3) is 11.3 Å². The molecule has 7 nitrogen and oxygen atoms in total. The third-order valence-corrected chi connectivity index (χ3v) is 6.67. The molecule has 0 aliphatic carbocycles. The maximum absolute atomic E-state index is 13.1. The van der Waals surface area contributed by atoms with E-state index in [2.05, 4.69) is 20.5 Å². The number of amides is 1. The van der Waals surface area contributed by atoms with Crippen LogP contribution in [0.3, 0.4) is 0 Å². The monoisotopic (exact) mass is 435 g/mol. The Morgan fingerprint density at radius 3 is 2.81 bits per heavy atom. The van der Waals surface area contributed by atoms with E-state index in [0.717, 1.165) is 49.3 Å². The van der Waals surface area contributed by atoms with Crippen molar-refractivity contribution in [3.8, 4) is 17.0 Å². The van der Waals surface area contributed by atoms with Crippen molar-refractivity contribution < 1.29 is 14.3 Å². The Bertz CT molecular complexity index is 1100. The fourth-order valence-corrected chi connectivity index (χ4v) is 4.95. The van der Waals surface area contributed by atoms with Gasteiger partial charge in [0.15, 0.2) is 0 Å². The fraction of sp³-hybridized carbons (Fsp3) is 0.375. The number of benzene rings is 2. The number of carbonyl (C=O) groups excluding carboxylic acids is 1. The molecule has 6 rings (SSSR count). The highest BCUT2D eigenvalue weighted by molar-refractivity contribution is 5.79. The van der Waals surface area contributed by atoms with Gasteiger partial charge in [-0.2, -0.15) is 0 Å². The highest BCUT2D eigenvalue weighted by atomic mass is 19.1. The zero-order valence-corrected chi connectivity index (χ0v) is 17.7. The lowest BCUT2D eigenvalue weighted by Crippen LogP contribution is -2.57. The van der Waals surface area contributed by atoms with E-state index in [1.54, 1.807) is 30.3 Å². The molecule has 0 spiro atoms. The molecule has 2 N–H and O–H groups in total. The number of hydrogen-bond acceptors (Lipinski definition) is 5. The lowest BCUT2D eigenvalue weighted by Gasteiger charge is -2.49. The fourth-order valence-electron chi connectivity index (χ4n) is 4.95. The van der Waals surface area contributed by atoms with Gasteiger partial charge in [-0.05, 0) is 55.1 Å². The smallest absolute Gasteiger partial charge is 0.224 e. The van der Waals surface area contributed by atoms with Gasteiger partial charge in [0.2, 0.25) is 5.91 Å². The van der Waals surface area contributed by atoms with Crippen LogP contribution in [0.2, 0.25) is 0 Å². The Morgan fingerprint density at radius 2 is 2.06 bits per heavy atom. The molecule has 3 aromatic rings. The minimum atomic E-state index is -0.273. The molecule has 3 saturated heterocycles. The number of rotatable bonds is 6. The molecule has 3 aliphatic rings. The SMILES string of the molecule is O=C(NCc1ccc(F)cc1)[C@H]1CN2CC[C@H]1C[C@@H]2Cn1cc(-c2cccc(O)c2)nn1. The second-order valence-electron chi connectivity index (χ2n) is 8.76. The number of carbonyl (C=O) groups is 1. The minimum absolute atomic E-state index is 0.0148. The summed E-state index contributed by atoms with van der Waals surface area (Å²) in [6.45, 7) is 2.89. The number of fused-ring (bicyclic) bond motifs is 3. The Kier molecular flexibility index (Phi) is 5.61. The van der Waals surface area contributed by atoms with Gasteiger partial charge >= 0.3 is 0 Å². The lowest BCUT2D eigenvalue weighted by atomic mass is 9.75. The van der Waals surface area contributed by atoms with Crippen LogP contribution >= 0.6 is 0 Å². The van der Waals surface area contributed by atoms with E-state index in [1.807, 2.05) is 16.9 Å². The molecule has 32 heavy (non-hydrogen) atoms. The van der Waals surface area contributed by atoms with Crippen molar-refractivity contribution in [3.63, 3.8) is 0 Å². The molecule has 0 radical (unpaired) electrons. The molecular formula is C24H26FN5O2. The Hall–Kier alpha value is -3.26. The quantitative estimate of drug-likeness (QED) is 0.622. The summed E-state index contributed by atoms with van der Waals surface area (Å²) < 4.78 is 14.9. The second kappa shape index (κ2) is 8.70. The molecule has 4 heterocycles. The van der Waals surface area contributed by atoms with Gasteiger partial charge in [0.1, 0.15) is 17.3 Å². The van der Waals surface area contributed by atoms with E-state index in [-0.39, 0.29) is 23.4 Å². The number of hydrogen-bond donors (Lipinski definition) is 2. The van der Waals surface area contributed by atoms with Crippen molar-refractivity contribution >= 4 is 5.91 Å². The third kappa shape index (κ3) is 4.36. The predicted octanol–water partition coefficient (Wildman–Crippen LogP) is 2.82. The molecule has 8 heteroatoms. The number of aromatic hydroxyl groups is 1. The van der Waals surface area contributed by atoms with Crippen molar-refractivity contribution in [1.82, 2.24) is 25.2 Å². The van der Waals surface area contributed by atoms with Gasteiger partial charge in [-0.15, -0.1) is 5.10 Å². The van der Waals surface area contributed by atoms with E-state index in [1.165, 1.54) is 12.1 Å². The first-order valence-corrected chi connectivity index (χ1v) is 11.0. The average Bonchev–Trinajstić information content (AvgIpc) is 3.27. The summed E-state index contributed by atoms with van der Waals surface area (Å²) in [7, 11) is 0. The number of piperidine rings is 3. The van der Waals surface area contributed by atoms with Crippen molar-refractivity contribution in [2.75, 3.05) is 13.1 Å². The van der Waals surface area contributed by atoms with Crippen LogP contribution in [0.15, 0.2) is 54.7 Å². The van der Waals surface area contributed by atoms with Crippen molar-refractivity contribution in [2.24, 2.45) is 11.8 Å². The van der Waals surface area contributed by atoms with Crippen LogP contribution in [0, 0.1) is 17.7 Å². The molecule has 1 unspecified atom stereocenters. The van der Waals surface area contributed by atoms with Crippen molar-refractivity contribution in [3.05, 3.63) is 66.1 Å². The topological polar surface area (TPSA) is 83.3 Å². The van der Waals surface area contributed by atoms with Crippen LogP contribution < -0.4 is 5.32 Å². The summed E-state index contributed by atoms with van der Waals surface area (Å²) in [5, 5.41) is 21.2. The molecule has 1 aromatic heterocycles. The largest absolute Gasteiger partial charge is 0.508 e. The van der Waals surface area contributed by atoms with Gasteiger partial charge in [0, 0.05) is 24.7 Å². The highest BCUT2D eigenvalue weighted by Gasteiger charge is 2.43. The zero-order chi connectivity index (χ0) is 22.1. The molecule has 0 saturated carbocycles. The summed E-state index contributed by atoms with van der Waals surface area (Å²) >= 11 is 0. The normalized spacial score (nSPS) is 24.4. The Balaban J connectivity index is 1.18. The van der Waals surface area contributed by atoms with Crippen LogP contribution in [-0.4, -0.2) is 50.0 Å². The van der Waals surface area contributed by atoms with Gasteiger partial charge in [0.25, 0.3) is 0 Å². The van der Waals surface area contributed by atoms with Gasteiger partial charge < -0.3 is 10.4 Å². The van der Waals surface area contributed by atoms with Gasteiger partial charge in [0.05, 0.1) is 18.7 Å². The predicted molar refractivity (Wildman–Crippen MR) is 117 cm³/mol. The van der Waals surface area contributed by atoms with E-state index >= 15 is 0 Å². The standard InChI is InChI=1S/C24H26FN5O2/c25-19-6-4-16(5-7-19)12-26-24(32)22-14-29-9-8-17(22)10-20(29)13-30-15-23(27-28-30)18-2-1-3-21(31)11-18/h1-7,11,15,17,20,22,31H,8-10,12-14H2,(H,26,32)/t17-,20+,22-/m0/s1. The summed E-state index contributed by atoms with van der Waals surface area (Å²) in [5.41, 5.74) is 2.46. The van der Waals surface area contributed by atoms with Crippen molar-refractivity contribution in [1.29, 1.82) is 0 Å². The molecule has 166 valence electrons. The van der Waals surface area contributed by atoms with Crippen LogP contribution in [0.5, 0.6) is 5.75 Å². The second-order valence-corrected chi connectivity index (χ2v) is 8.76. The zero-order valence-electron chi connectivity index (χ0n) is 17.7. The van der Waals surface area contributed by atoms with Crippen LogP contribution in [-0.2, 0) is 17.9 Å². The molecular weight excluding hydrogens is 409 g/mol. The van der Waals surface area contributed by atoms with E-state index in [9.17, 15) is 14.3 Å². The van der Waals surface area contributed by atoms with Crippen LogP contribution in [0.1, 0.15) is 18.4 Å². The van der Waals surface area contributed by atoms with Crippen molar-refractivity contribution in [2.45, 2.75) is 32.0 Å². The summed E-state index contributed by atoms with van der Waals surface area (Å²) in [4.78, 5) is 15.2. The van der Waals surface area contributed by atoms with E-state index in [4.69, 9.17) is 0 Å². The summed E-state index contributed by atoms with van der Waals surface area (Å²) in [6.07, 6.45) is 3.89. The number of halogens is 1. The maximum Gasteiger partial charge on any atom is 0.224 e. The maximum atomic E-state index is 13.1. The van der Waals surface area contributed by atoms with Crippen LogP contribution in [0.4, 0.5) is 4.39 Å². The first-order valence-electron chi connectivity index (χ1n) is 11.0. The number of phenolic OH excluding ortho intramolecular Hbond substituents is 1. The number of nitrogens with one attached hydrogen (secondary N) is 1. The van der Waals surface area contributed by atoms with Gasteiger partial charge in [-0.25, -0.2) is 4.39 Å². The Morgan fingerprint density at radius 1 is 1.22 bits per heavy atom. The first-order chi connectivity index (χ1) is 15.5. The number of aromatic nitrogens is 3. The minimum Gasteiger partial charge on any atom is -0.508 e.